The molecule has 0 spiro atoms. The highest BCUT2D eigenvalue weighted by Gasteiger charge is 2.45. The van der Waals surface area contributed by atoms with Crippen LogP contribution in [0.4, 0.5) is 0 Å². The van der Waals surface area contributed by atoms with E-state index in [9.17, 15) is 0 Å². The zero-order chi connectivity index (χ0) is 13.1. The molecule has 5 heteroatoms. The van der Waals surface area contributed by atoms with Gasteiger partial charge in [0, 0.05) is 31.0 Å². The smallest absolute Gasteiger partial charge is 0.0772 e. The van der Waals surface area contributed by atoms with E-state index in [1.54, 1.807) is 12.4 Å². The Morgan fingerprint density at radius 3 is 2.58 bits per heavy atom. The lowest BCUT2D eigenvalue weighted by Crippen LogP contribution is -2.57. The van der Waals surface area contributed by atoms with Crippen molar-refractivity contribution in [3.63, 3.8) is 0 Å². The molecule has 2 aliphatic rings. The van der Waals surface area contributed by atoms with Gasteiger partial charge in [0.1, 0.15) is 0 Å². The second-order valence-corrected chi connectivity index (χ2v) is 5.52. The Balaban J connectivity index is 1.87. The van der Waals surface area contributed by atoms with Gasteiger partial charge in [0.15, 0.2) is 0 Å². The molecule has 1 aliphatic heterocycles. The van der Waals surface area contributed by atoms with Crippen molar-refractivity contribution in [3.8, 4) is 0 Å². The summed E-state index contributed by atoms with van der Waals surface area (Å²) in [5, 5.41) is 0. The molecule has 1 aliphatic carbocycles. The third-order valence-electron chi connectivity index (χ3n) is 4.59. The fourth-order valence-corrected chi connectivity index (χ4v) is 3.57. The molecule has 3 rings (SSSR count). The van der Waals surface area contributed by atoms with Gasteiger partial charge in [-0.05, 0) is 12.8 Å². The second-order valence-electron chi connectivity index (χ2n) is 5.52. The molecule has 104 valence electrons. The minimum absolute atomic E-state index is 0.0539. The molecule has 2 heterocycles. The van der Waals surface area contributed by atoms with Gasteiger partial charge in [-0.1, -0.05) is 12.8 Å². The van der Waals surface area contributed by atoms with Crippen molar-refractivity contribution in [1.29, 1.82) is 0 Å². The fraction of sp³-hybridized carbons (Fsp3) is 0.714. The van der Waals surface area contributed by atoms with Crippen LogP contribution in [0.3, 0.4) is 0 Å². The Morgan fingerprint density at radius 1 is 1.21 bits per heavy atom. The Labute approximate surface area is 114 Å². The van der Waals surface area contributed by atoms with E-state index in [2.05, 4.69) is 14.9 Å². The summed E-state index contributed by atoms with van der Waals surface area (Å²) in [6.07, 6.45) is 10.1. The summed E-state index contributed by atoms with van der Waals surface area (Å²) in [5.41, 5.74) is 7.55. The van der Waals surface area contributed by atoms with Gasteiger partial charge < -0.3 is 10.5 Å². The molecule has 2 fully saturated rings. The highest BCUT2D eigenvalue weighted by atomic mass is 16.5. The third kappa shape index (κ3) is 2.38. The topological polar surface area (TPSA) is 64.3 Å². The minimum atomic E-state index is -0.0539. The van der Waals surface area contributed by atoms with E-state index >= 15 is 0 Å². The minimum Gasteiger partial charge on any atom is -0.379 e. The quantitative estimate of drug-likeness (QED) is 0.884. The van der Waals surface area contributed by atoms with Crippen molar-refractivity contribution in [1.82, 2.24) is 14.9 Å². The summed E-state index contributed by atoms with van der Waals surface area (Å²) in [7, 11) is 0. The van der Waals surface area contributed by atoms with Crippen LogP contribution < -0.4 is 5.73 Å². The van der Waals surface area contributed by atoms with Crippen LogP contribution in [0.15, 0.2) is 18.6 Å². The van der Waals surface area contributed by atoms with Gasteiger partial charge >= 0.3 is 0 Å². The van der Waals surface area contributed by atoms with Crippen LogP contribution >= 0.6 is 0 Å². The lowest BCUT2D eigenvalue weighted by Gasteiger charge is -2.46. The molecule has 1 unspecified atom stereocenters. The van der Waals surface area contributed by atoms with Crippen LogP contribution in [-0.2, 0) is 4.74 Å². The molecular formula is C14H22N4O. The van der Waals surface area contributed by atoms with Gasteiger partial charge in [-0.3, -0.25) is 14.9 Å². The molecule has 1 aromatic rings. The van der Waals surface area contributed by atoms with Crippen LogP contribution in [0.25, 0.3) is 0 Å². The summed E-state index contributed by atoms with van der Waals surface area (Å²) in [5.74, 6) is 0. The maximum absolute atomic E-state index is 6.58. The number of aromatic nitrogens is 2. The number of morpholine rings is 1. The van der Waals surface area contributed by atoms with Gasteiger partial charge in [-0.25, -0.2) is 0 Å². The van der Waals surface area contributed by atoms with E-state index in [0.29, 0.717) is 0 Å². The fourth-order valence-electron chi connectivity index (χ4n) is 3.57. The average molecular weight is 262 g/mol. The summed E-state index contributed by atoms with van der Waals surface area (Å²) in [6.45, 7) is 3.59. The van der Waals surface area contributed by atoms with Gasteiger partial charge in [0.25, 0.3) is 0 Å². The van der Waals surface area contributed by atoms with E-state index in [1.807, 2.05) is 6.20 Å². The maximum Gasteiger partial charge on any atom is 0.0772 e. The molecule has 0 bridgehead atoms. The molecule has 19 heavy (non-hydrogen) atoms. The summed E-state index contributed by atoms with van der Waals surface area (Å²) >= 11 is 0. The Morgan fingerprint density at radius 2 is 1.95 bits per heavy atom. The number of hydrogen-bond acceptors (Lipinski definition) is 5. The van der Waals surface area contributed by atoms with Crippen molar-refractivity contribution in [3.05, 3.63) is 24.3 Å². The number of nitrogens with two attached hydrogens (primary N) is 1. The highest BCUT2D eigenvalue weighted by molar-refractivity contribution is 5.14. The molecule has 1 atom stereocenters. The zero-order valence-corrected chi connectivity index (χ0v) is 11.3. The summed E-state index contributed by atoms with van der Waals surface area (Å²) < 4.78 is 5.48. The number of hydrogen-bond donors (Lipinski definition) is 1. The van der Waals surface area contributed by atoms with Gasteiger partial charge in [-0.2, -0.15) is 0 Å². The van der Waals surface area contributed by atoms with Gasteiger partial charge in [0.05, 0.1) is 31.1 Å². The predicted octanol–water partition coefficient (Wildman–Crippen LogP) is 1.12. The number of nitrogens with zero attached hydrogens (tertiary/aromatic N) is 3. The predicted molar refractivity (Wildman–Crippen MR) is 72.6 cm³/mol. The molecule has 1 saturated carbocycles. The van der Waals surface area contributed by atoms with Crippen LogP contribution in [-0.4, -0.2) is 46.7 Å². The van der Waals surface area contributed by atoms with Crippen LogP contribution in [0.1, 0.15) is 37.4 Å². The van der Waals surface area contributed by atoms with Crippen LogP contribution in [0.5, 0.6) is 0 Å². The van der Waals surface area contributed by atoms with E-state index in [4.69, 9.17) is 10.5 Å². The molecule has 1 saturated heterocycles. The maximum atomic E-state index is 6.58. The monoisotopic (exact) mass is 262 g/mol. The lowest BCUT2D eigenvalue weighted by molar-refractivity contribution is -0.0316. The van der Waals surface area contributed by atoms with Crippen LogP contribution in [0, 0.1) is 0 Å². The Hall–Kier alpha value is -1.04. The number of rotatable bonds is 3. The van der Waals surface area contributed by atoms with E-state index in [0.717, 1.165) is 44.8 Å². The van der Waals surface area contributed by atoms with Crippen molar-refractivity contribution in [2.75, 3.05) is 26.3 Å². The molecule has 0 amide bonds. The standard InChI is InChI=1S/C14H22N4O/c15-13(12-11-16-5-6-17-12)14(3-1-2-4-14)18-7-9-19-10-8-18/h5-6,11,13H,1-4,7-10,15H2. The first-order chi connectivity index (χ1) is 9.33. The van der Waals surface area contributed by atoms with Gasteiger partial charge in [-0.15, -0.1) is 0 Å². The highest BCUT2D eigenvalue weighted by Crippen LogP contribution is 2.43. The Bertz CT molecular complexity index is 399. The average Bonchev–Trinajstić information content (AvgIpc) is 2.99. The van der Waals surface area contributed by atoms with Crippen LogP contribution in [0.2, 0.25) is 0 Å². The molecule has 0 radical (unpaired) electrons. The first-order valence-corrected chi connectivity index (χ1v) is 7.17. The zero-order valence-electron chi connectivity index (χ0n) is 11.3. The van der Waals surface area contributed by atoms with Crippen molar-refractivity contribution in [2.24, 2.45) is 5.73 Å². The van der Waals surface area contributed by atoms with Crippen molar-refractivity contribution in [2.45, 2.75) is 37.3 Å². The molecule has 5 nitrogen and oxygen atoms in total. The van der Waals surface area contributed by atoms with E-state index in [1.165, 1.54) is 12.8 Å². The van der Waals surface area contributed by atoms with E-state index in [-0.39, 0.29) is 11.6 Å². The summed E-state index contributed by atoms with van der Waals surface area (Å²) in [6, 6.07) is -0.0539. The number of ether oxygens (including phenoxy) is 1. The second kappa shape index (κ2) is 5.53. The molecule has 2 N–H and O–H groups in total. The molecular weight excluding hydrogens is 240 g/mol. The largest absolute Gasteiger partial charge is 0.379 e. The van der Waals surface area contributed by atoms with Crippen molar-refractivity contribution >= 4 is 0 Å². The van der Waals surface area contributed by atoms with E-state index < -0.39 is 0 Å². The normalized spacial score (nSPS) is 25.3. The first kappa shape index (κ1) is 13.0. The SMILES string of the molecule is NC(c1cnccn1)C1(N2CCOCC2)CCCC1. The first-order valence-electron chi connectivity index (χ1n) is 7.17. The third-order valence-corrected chi connectivity index (χ3v) is 4.59. The lowest BCUT2D eigenvalue weighted by atomic mass is 9.84. The molecule has 1 aromatic heterocycles. The Kier molecular flexibility index (Phi) is 3.77. The summed E-state index contributed by atoms with van der Waals surface area (Å²) in [4.78, 5) is 11.1. The van der Waals surface area contributed by atoms with Crippen molar-refractivity contribution < 1.29 is 4.74 Å². The molecule has 0 aromatic carbocycles. The van der Waals surface area contributed by atoms with Gasteiger partial charge in [0.2, 0.25) is 0 Å².